The Morgan fingerprint density at radius 1 is 1.18 bits per heavy atom. The largest absolute Gasteiger partial charge is 0.411 e. The van der Waals surface area contributed by atoms with Gasteiger partial charge in [-0.1, -0.05) is 28.5 Å². The quantitative estimate of drug-likeness (QED) is 0.522. The van der Waals surface area contributed by atoms with Gasteiger partial charge in [-0.05, 0) is 36.4 Å². The summed E-state index contributed by atoms with van der Waals surface area (Å²) < 4.78 is 0. The van der Waals surface area contributed by atoms with Gasteiger partial charge in [0.15, 0.2) is 0 Å². The van der Waals surface area contributed by atoms with Crippen LogP contribution in [0.3, 0.4) is 0 Å². The van der Waals surface area contributed by atoms with Crippen molar-refractivity contribution in [1.29, 1.82) is 0 Å². The summed E-state index contributed by atoms with van der Waals surface area (Å²) in [5.41, 5.74) is 0.757. The molecular weight excluding hydrogens is 256 g/mol. The number of oxime groups is 1. The van der Waals surface area contributed by atoms with E-state index >= 15 is 0 Å². The van der Waals surface area contributed by atoms with Crippen LogP contribution in [0.2, 0.25) is 5.02 Å². The molecule has 5 heteroatoms. The Hall–Kier alpha value is -1.52. The molecule has 17 heavy (non-hydrogen) atoms. The van der Waals surface area contributed by atoms with Gasteiger partial charge in [0.2, 0.25) is 0 Å². The fraction of sp³-hybridized carbons (Fsp3) is 0. The van der Waals surface area contributed by atoms with Crippen molar-refractivity contribution in [3.05, 3.63) is 53.2 Å². The van der Waals surface area contributed by atoms with E-state index in [-0.39, 0.29) is 0 Å². The van der Waals surface area contributed by atoms with Gasteiger partial charge in [0.1, 0.15) is 5.03 Å². The average Bonchev–Trinajstić information content (AvgIpc) is 2.35. The van der Waals surface area contributed by atoms with Crippen LogP contribution in [-0.2, 0) is 0 Å². The average molecular weight is 265 g/mol. The first kappa shape index (κ1) is 12.0. The topological polar surface area (TPSA) is 45.5 Å². The molecule has 0 atom stereocenters. The molecule has 0 bridgehead atoms. The second-order valence-corrected chi connectivity index (χ2v) is 4.76. The highest BCUT2D eigenvalue weighted by molar-refractivity contribution is 7.99. The predicted octanol–water partition coefficient (Wildman–Crippen LogP) is 3.69. The van der Waals surface area contributed by atoms with Crippen LogP contribution in [0.4, 0.5) is 0 Å². The van der Waals surface area contributed by atoms with Crippen molar-refractivity contribution in [3.8, 4) is 0 Å². The summed E-state index contributed by atoms with van der Waals surface area (Å²) in [6.45, 7) is 0. The Labute approximate surface area is 108 Å². The lowest BCUT2D eigenvalue weighted by Crippen LogP contribution is -1.85. The van der Waals surface area contributed by atoms with E-state index < -0.39 is 0 Å². The van der Waals surface area contributed by atoms with Gasteiger partial charge in [-0.15, -0.1) is 0 Å². The van der Waals surface area contributed by atoms with E-state index in [1.54, 1.807) is 18.0 Å². The van der Waals surface area contributed by atoms with Crippen molar-refractivity contribution in [2.24, 2.45) is 5.16 Å². The lowest BCUT2D eigenvalue weighted by atomic mass is 10.3. The minimum Gasteiger partial charge on any atom is -0.411 e. The van der Waals surface area contributed by atoms with Crippen LogP contribution >= 0.6 is 23.4 Å². The first-order valence-electron chi connectivity index (χ1n) is 4.85. The summed E-state index contributed by atoms with van der Waals surface area (Å²) in [5.74, 6) is 0. The smallest absolute Gasteiger partial charge is 0.101 e. The molecule has 0 amide bonds. The summed E-state index contributed by atoms with van der Waals surface area (Å²) in [5, 5.41) is 12.9. The van der Waals surface area contributed by atoms with Gasteiger partial charge in [-0.2, -0.15) is 0 Å². The Morgan fingerprint density at radius 3 is 2.53 bits per heavy atom. The zero-order chi connectivity index (χ0) is 12.1. The Bertz CT molecular complexity index is 511. The number of aromatic nitrogens is 1. The number of hydrogen-bond donors (Lipinski definition) is 1. The monoisotopic (exact) mass is 264 g/mol. The van der Waals surface area contributed by atoms with Gasteiger partial charge in [0.05, 0.1) is 6.21 Å². The van der Waals surface area contributed by atoms with E-state index in [1.807, 2.05) is 36.4 Å². The van der Waals surface area contributed by atoms with Gasteiger partial charge >= 0.3 is 0 Å². The SMILES string of the molecule is O/N=C/c1ccc(Sc2ccc(Cl)cc2)nc1. The van der Waals surface area contributed by atoms with E-state index in [9.17, 15) is 0 Å². The maximum atomic E-state index is 8.37. The van der Waals surface area contributed by atoms with Crippen molar-refractivity contribution in [1.82, 2.24) is 4.98 Å². The van der Waals surface area contributed by atoms with E-state index in [1.165, 1.54) is 6.21 Å². The normalized spacial score (nSPS) is 10.9. The molecule has 0 aliphatic carbocycles. The zero-order valence-corrected chi connectivity index (χ0v) is 10.3. The highest BCUT2D eigenvalue weighted by Crippen LogP contribution is 2.26. The molecule has 0 unspecified atom stereocenters. The van der Waals surface area contributed by atoms with Crippen LogP contribution in [-0.4, -0.2) is 16.4 Å². The van der Waals surface area contributed by atoms with E-state index in [0.29, 0.717) is 0 Å². The summed E-state index contributed by atoms with van der Waals surface area (Å²) >= 11 is 7.35. The van der Waals surface area contributed by atoms with Crippen molar-refractivity contribution in [2.75, 3.05) is 0 Å². The van der Waals surface area contributed by atoms with Gasteiger partial charge in [0, 0.05) is 21.7 Å². The maximum absolute atomic E-state index is 8.37. The van der Waals surface area contributed by atoms with E-state index in [4.69, 9.17) is 16.8 Å². The Balaban J connectivity index is 2.11. The van der Waals surface area contributed by atoms with Crippen molar-refractivity contribution in [3.63, 3.8) is 0 Å². The van der Waals surface area contributed by atoms with E-state index in [0.717, 1.165) is 20.5 Å². The van der Waals surface area contributed by atoms with Crippen LogP contribution in [0.1, 0.15) is 5.56 Å². The molecule has 1 aromatic heterocycles. The van der Waals surface area contributed by atoms with Gasteiger partial charge < -0.3 is 5.21 Å². The molecule has 86 valence electrons. The molecule has 1 heterocycles. The second-order valence-electron chi connectivity index (χ2n) is 3.23. The molecule has 1 N–H and O–H groups in total. The molecule has 1 aromatic carbocycles. The molecule has 0 fully saturated rings. The van der Waals surface area contributed by atoms with Crippen LogP contribution in [0.25, 0.3) is 0 Å². The number of hydrogen-bond acceptors (Lipinski definition) is 4. The fourth-order valence-electron chi connectivity index (χ4n) is 1.22. The number of halogens is 1. The minimum absolute atomic E-state index is 0.719. The van der Waals surface area contributed by atoms with Gasteiger partial charge in [0.25, 0.3) is 0 Å². The summed E-state index contributed by atoms with van der Waals surface area (Å²) in [4.78, 5) is 5.32. The summed E-state index contributed by atoms with van der Waals surface area (Å²) in [7, 11) is 0. The van der Waals surface area contributed by atoms with Crippen LogP contribution < -0.4 is 0 Å². The molecule has 0 saturated heterocycles. The highest BCUT2D eigenvalue weighted by Gasteiger charge is 1.99. The van der Waals surface area contributed by atoms with Crippen LogP contribution in [0.5, 0.6) is 0 Å². The van der Waals surface area contributed by atoms with Crippen molar-refractivity contribution < 1.29 is 5.21 Å². The van der Waals surface area contributed by atoms with Crippen molar-refractivity contribution >= 4 is 29.6 Å². The first-order chi connectivity index (χ1) is 8.28. The molecule has 0 aliphatic heterocycles. The standard InChI is InChI=1S/C12H9ClN2OS/c13-10-2-4-11(5-3-10)17-12-6-1-9(7-14-12)8-15-16/h1-8,16H/b15-8+. The Morgan fingerprint density at radius 2 is 1.94 bits per heavy atom. The fourth-order valence-corrected chi connectivity index (χ4v) is 2.10. The third-order valence-electron chi connectivity index (χ3n) is 2.00. The molecule has 2 rings (SSSR count). The van der Waals surface area contributed by atoms with E-state index in [2.05, 4.69) is 10.1 Å². The van der Waals surface area contributed by atoms with Crippen molar-refractivity contribution in [2.45, 2.75) is 9.92 Å². The first-order valence-corrected chi connectivity index (χ1v) is 6.04. The zero-order valence-electron chi connectivity index (χ0n) is 8.75. The van der Waals surface area contributed by atoms with Gasteiger partial charge in [-0.25, -0.2) is 4.98 Å². The van der Waals surface area contributed by atoms with Gasteiger partial charge in [-0.3, -0.25) is 0 Å². The maximum Gasteiger partial charge on any atom is 0.101 e. The van der Waals surface area contributed by atoms with Crippen LogP contribution in [0, 0.1) is 0 Å². The number of pyridine rings is 1. The molecule has 0 spiro atoms. The lowest BCUT2D eigenvalue weighted by molar-refractivity contribution is 0.322. The third-order valence-corrected chi connectivity index (χ3v) is 3.21. The lowest BCUT2D eigenvalue weighted by Gasteiger charge is -2.01. The molecule has 0 saturated carbocycles. The molecular formula is C12H9ClN2OS. The number of benzene rings is 1. The third kappa shape index (κ3) is 3.47. The molecule has 0 radical (unpaired) electrons. The second kappa shape index (κ2) is 5.70. The molecule has 2 aromatic rings. The number of nitrogens with zero attached hydrogens (tertiary/aromatic N) is 2. The molecule has 0 aliphatic rings. The Kier molecular flexibility index (Phi) is 4.01. The number of rotatable bonds is 3. The van der Waals surface area contributed by atoms with Crippen LogP contribution in [0.15, 0.2) is 57.7 Å². The predicted molar refractivity (Wildman–Crippen MR) is 69.2 cm³/mol. The highest BCUT2D eigenvalue weighted by atomic mass is 35.5. The summed E-state index contributed by atoms with van der Waals surface area (Å²) in [6.07, 6.45) is 2.99. The summed E-state index contributed by atoms with van der Waals surface area (Å²) in [6, 6.07) is 11.3. The minimum atomic E-state index is 0.719. The molecule has 3 nitrogen and oxygen atoms in total.